The summed E-state index contributed by atoms with van der Waals surface area (Å²) in [5, 5.41) is 8.01. The van der Waals surface area contributed by atoms with Crippen LogP contribution in [0.1, 0.15) is 11.1 Å². The van der Waals surface area contributed by atoms with E-state index in [9.17, 15) is 4.79 Å². The molecule has 3 heterocycles. The SMILES string of the molecule is Cc1cccc(C)c1NC(=O)CN1CCN(c2nc(N)c3cnn(C)c3n2)CC1. The Morgan fingerprint density at radius 1 is 1.14 bits per heavy atom. The van der Waals surface area contributed by atoms with Crippen molar-refractivity contribution in [2.45, 2.75) is 13.8 Å². The summed E-state index contributed by atoms with van der Waals surface area (Å²) in [5.74, 6) is 1.05. The molecule has 0 bridgehead atoms. The number of rotatable bonds is 4. The van der Waals surface area contributed by atoms with E-state index in [1.54, 1.807) is 10.9 Å². The van der Waals surface area contributed by atoms with Crippen LogP contribution < -0.4 is 16.0 Å². The molecule has 1 amide bonds. The average molecular weight is 394 g/mol. The van der Waals surface area contributed by atoms with Crippen LogP contribution in [0.2, 0.25) is 0 Å². The Hall–Kier alpha value is -3.20. The van der Waals surface area contributed by atoms with Crippen LogP contribution in [-0.4, -0.2) is 63.3 Å². The molecular weight excluding hydrogens is 368 g/mol. The Kier molecular flexibility index (Phi) is 5.06. The fourth-order valence-electron chi connectivity index (χ4n) is 3.67. The standard InChI is InChI=1S/C20H26N8O/c1-13-5-4-6-14(2)17(13)23-16(29)12-27-7-9-28(10-8-27)20-24-18(21)15-11-22-26(3)19(15)25-20/h4-6,11H,7-10,12H2,1-3H3,(H,23,29)(H2,21,24,25). The third-order valence-corrected chi connectivity index (χ3v) is 5.38. The average Bonchev–Trinajstić information content (AvgIpc) is 3.07. The minimum Gasteiger partial charge on any atom is -0.383 e. The number of piperazine rings is 1. The molecule has 9 nitrogen and oxygen atoms in total. The lowest BCUT2D eigenvalue weighted by Crippen LogP contribution is -2.49. The maximum atomic E-state index is 12.5. The van der Waals surface area contributed by atoms with Crippen LogP contribution in [0.15, 0.2) is 24.4 Å². The molecule has 1 aliphatic heterocycles. The Bertz CT molecular complexity index is 1030. The molecule has 0 atom stereocenters. The fraction of sp³-hybridized carbons (Fsp3) is 0.400. The summed E-state index contributed by atoms with van der Waals surface area (Å²) in [7, 11) is 1.84. The second-order valence-electron chi connectivity index (χ2n) is 7.49. The minimum absolute atomic E-state index is 0.00708. The Balaban J connectivity index is 1.37. The van der Waals surface area contributed by atoms with Crippen molar-refractivity contribution in [3.63, 3.8) is 0 Å². The number of aromatic nitrogens is 4. The van der Waals surface area contributed by atoms with Crippen LogP contribution in [-0.2, 0) is 11.8 Å². The third kappa shape index (κ3) is 3.86. The topological polar surface area (TPSA) is 105 Å². The quantitative estimate of drug-likeness (QED) is 0.688. The number of benzene rings is 1. The smallest absolute Gasteiger partial charge is 0.238 e. The van der Waals surface area contributed by atoms with Gasteiger partial charge in [-0.2, -0.15) is 15.1 Å². The zero-order valence-corrected chi connectivity index (χ0v) is 17.0. The van der Waals surface area contributed by atoms with Gasteiger partial charge in [-0.15, -0.1) is 0 Å². The number of fused-ring (bicyclic) bond motifs is 1. The van der Waals surface area contributed by atoms with E-state index in [2.05, 4.69) is 30.2 Å². The minimum atomic E-state index is 0.00708. The summed E-state index contributed by atoms with van der Waals surface area (Å²) >= 11 is 0. The molecule has 0 aliphatic carbocycles. The Morgan fingerprint density at radius 2 is 1.83 bits per heavy atom. The zero-order chi connectivity index (χ0) is 20.5. The molecular formula is C20H26N8O. The number of carbonyl (C=O) groups excluding carboxylic acids is 1. The van der Waals surface area contributed by atoms with Crippen LogP contribution in [0.5, 0.6) is 0 Å². The summed E-state index contributed by atoms with van der Waals surface area (Å²) in [6, 6.07) is 6.01. The number of nitrogens with two attached hydrogens (primary N) is 1. The molecule has 0 saturated carbocycles. The van der Waals surface area contributed by atoms with Gasteiger partial charge in [0.15, 0.2) is 5.65 Å². The van der Waals surface area contributed by atoms with Crippen molar-refractivity contribution in [2.75, 3.05) is 48.7 Å². The first kappa shape index (κ1) is 19.1. The van der Waals surface area contributed by atoms with Gasteiger partial charge in [0.05, 0.1) is 18.1 Å². The molecule has 0 spiro atoms. The predicted molar refractivity (Wildman–Crippen MR) is 114 cm³/mol. The van der Waals surface area contributed by atoms with E-state index < -0.39 is 0 Å². The van der Waals surface area contributed by atoms with E-state index in [0.29, 0.717) is 18.3 Å². The molecule has 2 aromatic heterocycles. The number of hydrogen-bond donors (Lipinski definition) is 2. The van der Waals surface area contributed by atoms with Gasteiger partial charge >= 0.3 is 0 Å². The van der Waals surface area contributed by atoms with Gasteiger partial charge in [0.2, 0.25) is 11.9 Å². The normalized spacial score (nSPS) is 15.1. The molecule has 0 radical (unpaired) electrons. The highest BCUT2D eigenvalue weighted by atomic mass is 16.2. The fourth-order valence-corrected chi connectivity index (χ4v) is 3.67. The van der Waals surface area contributed by atoms with Crippen molar-refractivity contribution in [3.05, 3.63) is 35.5 Å². The molecule has 1 fully saturated rings. The Labute approximate surface area is 169 Å². The van der Waals surface area contributed by atoms with Crippen molar-refractivity contribution in [1.82, 2.24) is 24.6 Å². The van der Waals surface area contributed by atoms with E-state index in [-0.39, 0.29) is 5.91 Å². The molecule has 3 aromatic rings. The van der Waals surface area contributed by atoms with Gasteiger partial charge in [-0.3, -0.25) is 14.4 Å². The van der Waals surface area contributed by atoms with E-state index >= 15 is 0 Å². The second kappa shape index (κ2) is 7.67. The number of nitrogens with one attached hydrogen (secondary N) is 1. The van der Waals surface area contributed by atoms with Crippen LogP contribution in [0.4, 0.5) is 17.5 Å². The van der Waals surface area contributed by atoms with Crippen LogP contribution in [0, 0.1) is 13.8 Å². The first-order valence-electron chi connectivity index (χ1n) is 9.71. The molecule has 0 unspecified atom stereocenters. The molecule has 152 valence electrons. The second-order valence-corrected chi connectivity index (χ2v) is 7.49. The van der Waals surface area contributed by atoms with Crippen LogP contribution in [0.25, 0.3) is 11.0 Å². The lowest BCUT2D eigenvalue weighted by Gasteiger charge is -2.34. The lowest BCUT2D eigenvalue weighted by molar-refractivity contribution is -0.117. The first-order chi connectivity index (χ1) is 13.9. The number of nitrogens with zero attached hydrogens (tertiary/aromatic N) is 6. The van der Waals surface area contributed by atoms with E-state index in [4.69, 9.17) is 5.73 Å². The summed E-state index contributed by atoms with van der Waals surface area (Å²) < 4.78 is 1.70. The van der Waals surface area contributed by atoms with Gasteiger partial charge in [-0.25, -0.2) is 0 Å². The number of aryl methyl sites for hydroxylation is 3. The van der Waals surface area contributed by atoms with Crippen molar-refractivity contribution >= 4 is 34.4 Å². The number of carbonyl (C=O) groups is 1. The monoisotopic (exact) mass is 394 g/mol. The summed E-state index contributed by atoms with van der Waals surface area (Å²) in [5.41, 5.74) is 9.85. The predicted octanol–water partition coefficient (Wildman–Crippen LogP) is 1.32. The summed E-state index contributed by atoms with van der Waals surface area (Å²) in [6.45, 7) is 7.36. The van der Waals surface area contributed by atoms with Crippen LogP contribution in [0.3, 0.4) is 0 Å². The molecule has 1 aromatic carbocycles. The van der Waals surface area contributed by atoms with E-state index in [1.165, 1.54) is 0 Å². The maximum Gasteiger partial charge on any atom is 0.238 e. The van der Waals surface area contributed by atoms with Crippen molar-refractivity contribution in [3.8, 4) is 0 Å². The molecule has 1 saturated heterocycles. The van der Waals surface area contributed by atoms with Gasteiger partial charge < -0.3 is 16.0 Å². The number of anilines is 3. The largest absolute Gasteiger partial charge is 0.383 e. The molecule has 4 rings (SSSR count). The lowest BCUT2D eigenvalue weighted by atomic mass is 10.1. The number of nitrogen functional groups attached to an aromatic ring is 1. The molecule has 9 heteroatoms. The van der Waals surface area contributed by atoms with E-state index in [0.717, 1.165) is 54.0 Å². The molecule has 29 heavy (non-hydrogen) atoms. The highest BCUT2D eigenvalue weighted by Crippen LogP contribution is 2.22. The van der Waals surface area contributed by atoms with Gasteiger partial charge in [0, 0.05) is 38.9 Å². The van der Waals surface area contributed by atoms with Crippen molar-refractivity contribution in [1.29, 1.82) is 0 Å². The number of amides is 1. The maximum absolute atomic E-state index is 12.5. The van der Waals surface area contributed by atoms with Gasteiger partial charge in [-0.1, -0.05) is 18.2 Å². The Morgan fingerprint density at radius 3 is 2.52 bits per heavy atom. The van der Waals surface area contributed by atoms with Crippen molar-refractivity contribution < 1.29 is 4.79 Å². The molecule has 3 N–H and O–H groups in total. The summed E-state index contributed by atoms with van der Waals surface area (Å²) in [6.07, 6.45) is 1.68. The van der Waals surface area contributed by atoms with E-state index in [1.807, 2.05) is 39.1 Å². The first-order valence-corrected chi connectivity index (χ1v) is 9.71. The highest BCUT2D eigenvalue weighted by Gasteiger charge is 2.22. The number of hydrogen-bond acceptors (Lipinski definition) is 7. The van der Waals surface area contributed by atoms with Crippen molar-refractivity contribution in [2.24, 2.45) is 7.05 Å². The third-order valence-electron chi connectivity index (χ3n) is 5.38. The molecule has 1 aliphatic rings. The van der Waals surface area contributed by atoms with Crippen LogP contribution >= 0.6 is 0 Å². The van der Waals surface area contributed by atoms with Gasteiger partial charge in [-0.05, 0) is 25.0 Å². The summed E-state index contributed by atoms with van der Waals surface area (Å²) in [4.78, 5) is 25.8. The van der Waals surface area contributed by atoms with Gasteiger partial charge in [0.1, 0.15) is 5.82 Å². The van der Waals surface area contributed by atoms with Gasteiger partial charge in [0.25, 0.3) is 0 Å². The zero-order valence-electron chi connectivity index (χ0n) is 17.0. The highest BCUT2D eigenvalue weighted by molar-refractivity contribution is 5.93. The number of para-hydroxylation sites is 1.